The molecule has 0 spiro atoms. The van der Waals surface area contributed by atoms with Gasteiger partial charge >= 0.3 is 0 Å². The third-order valence-corrected chi connectivity index (χ3v) is 4.21. The van der Waals surface area contributed by atoms with Crippen molar-refractivity contribution in [1.82, 2.24) is 4.90 Å². The number of nitrogens with zero attached hydrogens (tertiary/aromatic N) is 2. The fraction of sp³-hybridized carbons (Fsp3) is 0.364. The first-order valence-electron chi connectivity index (χ1n) is 5.68. The first-order valence-corrected chi connectivity index (χ1v) is 7.16. The first-order chi connectivity index (χ1) is 9.40. The molecule has 1 heterocycles. The monoisotopic (exact) mass is 304 g/mol. The summed E-state index contributed by atoms with van der Waals surface area (Å²) >= 11 is 0. The van der Waals surface area contributed by atoms with Gasteiger partial charge in [-0.1, -0.05) is 0 Å². The molecule has 6 nitrogen and oxygen atoms in total. The van der Waals surface area contributed by atoms with Gasteiger partial charge in [0.2, 0.25) is 0 Å². The maximum absolute atomic E-state index is 13.2. The molecule has 20 heavy (non-hydrogen) atoms. The molecule has 1 saturated heterocycles. The SMILES string of the molecule is O=C(c1cc(F)c(F)cc1[N+](=O)[O-])N1CCS(=O)CC1. The smallest absolute Gasteiger partial charge is 0.285 e. The number of nitro groups is 1. The van der Waals surface area contributed by atoms with Crippen molar-refractivity contribution in [2.24, 2.45) is 0 Å². The summed E-state index contributed by atoms with van der Waals surface area (Å²) in [4.78, 5) is 23.3. The minimum Gasteiger partial charge on any atom is -0.337 e. The van der Waals surface area contributed by atoms with Gasteiger partial charge in [0, 0.05) is 35.4 Å². The van der Waals surface area contributed by atoms with Crippen molar-refractivity contribution in [3.8, 4) is 0 Å². The quantitative estimate of drug-likeness (QED) is 0.605. The summed E-state index contributed by atoms with van der Waals surface area (Å²) in [6.07, 6.45) is 0. The maximum atomic E-state index is 13.2. The van der Waals surface area contributed by atoms with Crippen LogP contribution >= 0.6 is 0 Å². The zero-order valence-electron chi connectivity index (χ0n) is 10.2. The number of halogens is 2. The van der Waals surface area contributed by atoms with Crippen LogP contribution in [-0.2, 0) is 10.8 Å². The van der Waals surface area contributed by atoms with E-state index >= 15 is 0 Å². The number of benzene rings is 1. The molecule has 0 aliphatic carbocycles. The van der Waals surface area contributed by atoms with E-state index in [0.29, 0.717) is 12.1 Å². The Morgan fingerprint density at radius 2 is 1.80 bits per heavy atom. The van der Waals surface area contributed by atoms with Gasteiger partial charge in [-0.2, -0.15) is 0 Å². The molecule has 1 aromatic rings. The zero-order chi connectivity index (χ0) is 14.9. The number of carbonyl (C=O) groups excluding carboxylic acids is 1. The lowest BCUT2D eigenvalue weighted by molar-refractivity contribution is -0.385. The average molecular weight is 304 g/mol. The van der Waals surface area contributed by atoms with Crippen molar-refractivity contribution in [3.63, 3.8) is 0 Å². The van der Waals surface area contributed by atoms with Gasteiger partial charge in [-0.25, -0.2) is 8.78 Å². The zero-order valence-corrected chi connectivity index (χ0v) is 11.0. The molecule has 0 radical (unpaired) electrons. The summed E-state index contributed by atoms with van der Waals surface area (Å²) in [6.45, 7) is 0.336. The van der Waals surface area contributed by atoms with Gasteiger partial charge in [0.25, 0.3) is 11.6 Å². The van der Waals surface area contributed by atoms with Crippen LogP contribution in [0.15, 0.2) is 12.1 Å². The van der Waals surface area contributed by atoms with E-state index in [2.05, 4.69) is 0 Å². The normalized spacial score (nSPS) is 16.2. The minimum absolute atomic E-state index is 0.168. The van der Waals surface area contributed by atoms with E-state index in [9.17, 15) is 27.9 Å². The lowest BCUT2D eigenvalue weighted by Crippen LogP contribution is -2.42. The van der Waals surface area contributed by atoms with Crippen LogP contribution in [0.25, 0.3) is 0 Å². The highest BCUT2D eigenvalue weighted by molar-refractivity contribution is 7.85. The van der Waals surface area contributed by atoms with Crippen LogP contribution in [0.3, 0.4) is 0 Å². The standard InChI is InChI=1S/C11H10F2N2O4S/c12-8-5-7(10(15(17)18)6-9(8)13)11(16)14-1-3-20(19)4-2-14/h5-6H,1-4H2. The number of amides is 1. The van der Waals surface area contributed by atoms with Gasteiger partial charge in [0.1, 0.15) is 5.56 Å². The number of nitro benzene ring substituents is 1. The Bertz CT molecular complexity index is 598. The predicted molar refractivity (Wildman–Crippen MR) is 66.8 cm³/mol. The molecule has 0 unspecified atom stereocenters. The Hall–Kier alpha value is -1.90. The van der Waals surface area contributed by atoms with Gasteiger partial charge < -0.3 is 4.90 Å². The van der Waals surface area contributed by atoms with Crippen molar-refractivity contribution in [2.45, 2.75) is 0 Å². The van der Waals surface area contributed by atoms with Crippen LogP contribution in [0.1, 0.15) is 10.4 Å². The molecule has 0 atom stereocenters. The van der Waals surface area contributed by atoms with E-state index in [1.807, 2.05) is 0 Å². The summed E-state index contributed by atoms with van der Waals surface area (Å²) < 4.78 is 37.4. The second kappa shape index (κ2) is 5.61. The topological polar surface area (TPSA) is 80.5 Å². The van der Waals surface area contributed by atoms with Crippen LogP contribution in [0.4, 0.5) is 14.5 Å². The molecular weight excluding hydrogens is 294 g/mol. The Kier molecular flexibility index (Phi) is 4.07. The van der Waals surface area contributed by atoms with Crippen molar-refractivity contribution >= 4 is 22.4 Å². The lowest BCUT2D eigenvalue weighted by Gasteiger charge is -2.26. The summed E-state index contributed by atoms with van der Waals surface area (Å²) in [5, 5.41) is 10.8. The Labute approximate surface area is 115 Å². The van der Waals surface area contributed by atoms with Crippen molar-refractivity contribution in [3.05, 3.63) is 39.4 Å². The fourth-order valence-corrected chi connectivity index (χ4v) is 2.92. The van der Waals surface area contributed by atoms with Crippen LogP contribution < -0.4 is 0 Å². The number of hydrogen-bond acceptors (Lipinski definition) is 4. The molecule has 0 saturated carbocycles. The predicted octanol–water partition coefficient (Wildman–Crippen LogP) is 1.08. The maximum Gasteiger partial charge on any atom is 0.285 e. The van der Waals surface area contributed by atoms with Gasteiger partial charge in [-0.3, -0.25) is 19.1 Å². The second-order valence-electron chi connectivity index (χ2n) is 4.18. The number of rotatable bonds is 2. The molecule has 2 rings (SSSR count). The van der Waals surface area contributed by atoms with Gasteiger partial charge in [0.15, 0.2) is 11.6 Å². The van der Waals surface area contributed by atoms with E-state index in [1.165, 1.54) is 4.90 Å². The van der Waals surface area contributed by atoms with E-state index < -0.39 is 44.5 Å². The lowest BCUT2D eigenvalue weighted by atomic mass is 10.1. The highest BCUT2D eigenvalue weighted by atomic mass is 32.2. The van der Waals surface area contributed by atoms with E-state index in [-0.39, 0.29) is 24.6 Å². The van der Waals surface area contributed by atoms with Crippen LogP contribution in [0.2, 0.25) is 0 Å². The molecule has 0 aromatic heterocycles. The Morgan fingerprint density at radius 3 is 2.35 bits per heavy atom. The molecule has 0 bridgehead atoms. The van der Waals surface area contributed by atoms with E-state index in [1.54, 1.807) is 0 Å². The van der Waals surface area contributed by atoms with Gasteiger partial charge in [-0.15, -0.1) is 0 Å². The molecular formula is C11H10F2N2O4S. The highest BCUT2D eigenvalue weighted by Gasteiger charge is 2.29. The molecule has 1 aromatic carbocycles. The molecule has 9 heteroatoms. The number of hydrogen-bond donors (Lipinski definition) is 0. The Balaban J connectivity index is 2.36. The Morgan fingerprint density at radius 1 is 1.25 bits per heavy atom. The summed E-state index contributed by atoms with van der Waals surface area (Å²) in [5.41, 5.74) is -1.28. The van der Waals surface area contributed by atoms with Crippen LogP contribution in [0, 0.1) is 21.7 Å². The second-order valence-corrected chi connectivity index (χ2v) is 5.88. The molecule has 1 amide bonds. The summed E-state index contributed by atoms with van der Waals surface area (Å²) in [7, 11) is -1.02. The van der Waals surface area contributed by atoms with Crippen molar-refractivity contribution in [2.75, 3.05) is 24.6 Å². The minimum atomic E-state index is -1.38. The largest absolute Gasteiger partial charge is 0.337 e. The third-order valence-electron chi connectivity index (χ3n) is 2.93. The highest BCUT2D eigenvalue weighted by Crippen LogP contribution is 2.24. The number of carbonyl (C=O) groups is 1. The molecule has 0 N–H and O–H groups in total. The molecule has 108 valence electrons. The van der Waals surface area contributed by atoms with Gasteiger partial charge in [-0.05, 0) is 6.07 Å². The van der Waals surface area contributed by atoms with E-state index in [4.69, 9.17) is 0 Å². The first kappa shape index (κ1) is 14.5. The fourth-order valence-electron chi connectivity index (χ4n) is 1.87. The third kappa shape index (κ3) is 2.82. The summed E-state index contributed by atoms with van der Waals surface area (Å²) in [6, 6.07) is 0.923. The van der Waals surface area contributed by atoms with Crippen LogP contribution in [-0.4, -0.2) is 44.5 Å². The van der Waals surface area contributed by atoms with Crippen LogP contribution in [0.5, 0.6) is 0 Å². The van der Waals surface area contributed by atoms with Crippen molar-refractivity contribution < 1.29 is 22.7 Å². The van der Waals surface area contributed by atoms with Gasteiger partial charge in [0.05, 0.1) is 11.0 Å². The average Bonchev–Trinajstić information content (AvgIpc) is 2.41. The van der Waals surface area contributed by atoms with E-state index in [0.717, 1.165) is 0 Å². The molecule has 1 aliphatic rings. The summed E-state index contributed by atoms with van der Waals surface area (Å²) in [5.74, 6) is -2.92. The molecule has 1 fully saturated rings. The van der Waals surface area contributed by atoms with Crippen molar-refractivity contribution in [1.29, 1.82) is 0 Å². The molecule has 1 aliphatic heterocycles.